The highest BCUT2D eigenvalue weighted by Gasteiger charge is 2.21. The van der Waals surface area contributed by atoms with E-state index in [0.29, 0.717) is 0 Å². The summed E-state index contributed by atoms with van der Waals surface area (Å²) in [5.74, 6) is 0.133. The van der Waals surface area contributed by atoms with Crippen molar-refractivity contribution in [2.75, 3.05) is 13.1 Å². The third-order valence-corrected chi connectivity index (χ3v) is 3.49. The number of likely N-dealkylation sites (tertiary alicyclic amines) is 1. The highest BCUT2D eigenvalue weighted by atomic mass is 16.2. The molecular weight excluding hydrogens is 224 g/mol. The SMILES string of the molecule is CC(C)(C)c1cncc(C(=O)N2CCCCC2)c1. The monoisotopic (exact) mass is 246 g/mol. The Balaban J connectivity index is 2.20. The Kier molecular flexibility index (Phi) is 3.69. The third kappa shape index (κ3) is 2.89. The molecule has 3 nitrogen and oxygen atoms in total. The van der Waals surface area contributed by atoms with Crippen molar-refractivity contribution < 1.29 is 4.79 Å². The molecule has 1 amide bonds. The number of hydrogen-bond donors (Lipinski definition) is 0. The van der Waals surface area contributed by atoms with Gasteiger partial charge >= 0.3 is 0 Å². The molecule has 2 heterocycles. The lowest BCUT2D eigenvalue weighted by molar-refractivity contribution is 0.0723. The van der Waals surface area contributed by atoms with Crippen LogP contribution in [0.1, 0.15) is 56.0 Å². The van der Waals surface area contributed by atoms with E-state index in [-0.39, 0.29) is 11.3 Å². The molecule has 1 aliphatic heterocycles. The number of nitrogens with zero attached hydrogens (tertiary/aromatic N) is 2. The summed E-state index contributed by atoms with van der Waals surface area (Å²) in [4.78, 5) is 18.5. The number of rotatable bonds is 1. The number of pyridine rings is 1. The zero-order valence-corrected chi connectivity index (χ0v) is 11.6. The first-order chi connectivity index (χ1) is 8.48. The van der Waals surface area contributed by atoms with Gasteiger partial charge in [0.1, 0.15) is 0 Å². The van der Waals surface area contributed by atoms with Crippen LogP contribution in [0.4, 0.5) is 0 Å². The number of carbonyl (C=O) groups excluding carboxylic acids is 1. The van der Waals surface area contributed by atoms with Crippen molar-refractivity contribution in [1.29, 1.82) is 0 Å². The van der Waals surface area contributed by atoms with E-state index in [4.69, 9.17) is 0 Å². The van der Waals surface area contributed by atoms with Crippen molar-refractivity contribution in [2.45, 2.75) is 45.4 Å². The van der Waals surface area contributed by atoms with E-state index in [1.165, 1.54) is 6.42 Å². The van der Waals surface area contributed by atoms with Crippen LogP contribution in [0, 0.1) is 0 Å². The van der Waals surface area contributed by atoms with E-state index in [1.54, 1.807) is 6.20 Å². The fourth-order valence-electron chi connectivity index (χ4n) is 2.25. The Labute approximate surface area is 109 Å². The van der Waals surface area contributed by atoms with Crippen LogP contribution in [0.25, 0.3) is 0 Å². The van der Waals surface area contributed by atoms with Gasteiger partial charge in [-0.2, -0.15) is 0 Å². The normalized spacial score (nSPS) is 16.7. The molecule has 0 aliphatic carbocycles. The zero-order chi connectivity index (χ0) is 13.2. The molecule has 0 radical (unpaired) electrons. The Bertz CT molecular complexity index is 428. The van der Waals surface area contributed by atoms with Crippen LogP contribution in [0.2, 0.25) is 0 Å². The number of hydrogen-bond acceptors (Lipinski definition) is 2. The van der Waals surface area contributed by atoms with Crippen molar-refractivity contribution in [3.05, 3.63) is 29.6 Å². The second kappa shape index (κ2) is 5.09. The van der Waals surface area contributed by atoms with Crippen LogP contribution in [-0.2, 0) is 5.41 Å². The maximum Gasteiger partial charge on any atom is 0.255 e. The van der Waals surface area contributed by atoms with E-state index < -0.39 is 0 Å². The van der Waals surface area contributed by atoms with Crippen molar-refractivity contribution in [3.8, 4) is 0 Å². The predicted molar refractivity (Wildman–Crippen MR) is 72.7 cm³/mol. The minimum absolute atomic E-state index is 0.0329. The second-order valence-electron chi connectivity index (χ2n) is 6.07. The predicted octanol–water partition coefficient (Wildman–Crippen LogP) is 3.01. The summed E-state index contributed by atoms with van der Waals surface area (Å²) in [7, 11) is 0. The summed E-state index contributed by atoms with van der Waals surface area (Å²) < 4.78 is 0. The zero-order valence-electron chi connectivity index (χ0n) is 11.6. The largest absolute Gasteiger partial charge is 0.339 e. The molecule has 98 valence electrons. The summed E-state index contributed by atoms with van der Waals surface area (Å²) in [6.07, 6.45) is 7.03. The first kappa shape index (κ1) is 13.1. The Morgan fingerprint density at radius 3 is 2.44 bits per heavy atom. The van der Waals surface area contributed by atoms with Gasteiger partial charge in [0.05, 0.1) is 5.56 Å². The summed E-state index contributed by atoms with van der Waals surface area (Å²) >= 11 is 0. The highest BCUT2D eigenvalue weighted by Crippen LogP contribution is 2.22. The van der Waals surface area contributed by atoms with Crippen molar-refractivity contribution in [3.63, 3.8) is 0 Å². The number of amides is 1. The average molecular weight is 246 g/mol. The van der Waals surface area contributed by atoms with Crippen LogP contribution in [-0.4, -0.2) is 28.9 Å². The lowest BCUT2D eigenvalue weighted by Crippen LogP contribution is -2.35. The van der Waals surface area contributed by atoms with Gasteiger partial charge < -0.3 is 4.90 Å². The van der Waals surface area contributed by atoms with E-state index in [9.17, 15) is 4.79 Å². The number of aromatic nitrogens is 1. The number of piperidine rings is 1. The average Bonchev–Trinajstić information content (AvgIpc) is 2.38. The standard InChI is InChI=1S/C15H22N2O/c1-15(2,3)13-9-12(10-16-11-13)14(18)17-7-5-4-6-8-17/h9-11H,4-8H2,1-3H3. The Morgan fingerprint density at radius 2 is 1.83 bits per heavy atom. The highest BCUT2D eigenvalue weighted by molar-refractivity contribution is 5.94. The molecule has 18 heavy (non-hydrogen) atoms. The smallest absolute Gasteiger partial charge is 0.255 e. The van der Waals surface area contributed by atoms with Gasteiger partial charge in [-0.15, -0.1) is 0 Å². The summed E-state index contributed by atoms with van der Waals surface area (Å²) in [6.45, 7) is 8.19. The van der Waals surface area contributed by atoms with E-state index in [2.05, 4.69) is 25.8 Å². The van der Waals surface area contributed by atoms with Crippen LogP contribution in [0.3, 0.4) is 0 Å². The van der Waals surface area contributed by atoms with Gasteiger partial charge in [0.2, 0.25) is 0 Å². The molecule has 0 atom stereocenters. The molecule has 1 aromatic rings. The molecule has 2 rings (SSSR count). The van der Waals surface area contributed by atoms with Gasteiger partial charge in [0.15, 0.2) is 0 Å². The molecule has 1 aliphatic rings. The Hall–Kier alpha value is -1.38. The summed E-state index contributed by atoms with van der Waals surface area (Å²) in [6, 6.07) is 1.99. The third-order valence-electron chi connectivity index (χ3n) is 3.49. The fraction of sp³-hybridized carbons (Fsp3) is 0.600. The minimum atomic E-state index is 0.0329. The maximum absolute atomic E-state index is 12.4. The van der Waals surface area contributed by atoms with E-state index >= 15 is 0 Å². The van der Waals surface area contributed by atoms with Crippen LogP contribution in [0.5, 0.6) is 0 Å². The fourth-order valence-corrected chi connectivity index (χ4v) is 2.25. The Morgan fingerprint density at radius 1 is 1.17 bits per heavy atom. The van der Waals surface area contributed by atoms with Crippen molar-refractivity contribution in [1.82, 2.24) is 9.88 Å². The first-order valence-electron chi connectivity index (χ1n) is 6.73. The molecule has 0 aromatic carbocycles. The minimum Gasteiger partial charge on any atom is -0.339 e. The number of carbonyl (C=O) groups is 1. The molecule has 1 fully saturated rings. The van der Waals surface area contributed by atoms with Gasteiger partial charge in [-0.25, -0.2) is 0 Å². The van der Waals surface area contributed by atoms with Crippen molar-refractivity contribution in [2.24, 2.45) is 0 Å². The van der Waals surface area contributed by atoms with E-state index in [0.717, 1.165) is 37.1 Å². The molecule has 0 bridgehead atoms. The molecule has 3 heteroatoms. The second-order valence-corrected chi connectivity index (χ2v) is 6.07. The summed E-state index contributed by atoms with van der Waals surface area (Å²) in [5, 5.41) is 0. The van der Waals surface area contributed by atoms with Crippen molar-refractivity contribution >= 4 is 5.91 Å². The quantitative estimate of drug-likeness (QED) is 0.763. The maximum atomic E-state index is 12.4. The van der Waals surface area contributed by atoms with Crippen LogP contribution in [0.15, 0.2) is 18.5 Å². The van der Waals surface area contributed by atoms with Gasteiger partial charge in [-0.1, -0.05) is 20.8 Å². The molecule has 0 spiro atoms. The lowest BCUT2D eigenvalue weighted by Gasteiger charge is -2.27. The van der Waals surface area contributed by atoms with Gasteiger partial charge in [-0.05, 0) is 36.3 Å². The topological polar surface area (TPSA) is 33.2 Å². The van der Waals surface area contributed by atoms with Gasteiger partial charge in [-0.3, -0.25) is 9.78 Å². The molecule has 0 unspecified atom stereocenters. The molecule has 1 aromatic heterocycles. The molecule has 0 N–H and O–H groups in total. The first-order valence-corrected chi connectivity index (χ1v) is 6.73. The van der Waals surface area contributed by atoms with Gasteiger partial charge in [0, 0.05) is 25.5 Å². The molecule has 0 saturated carbocycles. The van der Waals surface area contributed by atoms with Crippen LogP contribution >= 0.6 is 0 Å². The van der Waals surface area contributed by atoms with E-state index in [1.807, 2.05) is 17.2 Å². The summed E-state index contributed by atoms with van der Waals surface area (Å²) in [5.41, 5.74) is 1.88. The molecular formula is C15H22N2O. The lowest BCUT2D eigenvalue weighted by atomic mass is 9.87. The molecule has 1 saturated heterocycles. The van der Waals surface area contributed by atoms with Gasteiger partial charge in [0.25, 0.3) is 5.91 Å². The van der Waals surface area contributed by atoms with Crippen LogP contribution < -0.4 is 0 Å².